The number of esters is 2. The zero-order chi connectivity index (χ0) is 29.9. The second-order valence-electron chi connectivity index (χ2n) is 9.12. The van der Waals surface area contributed by atoms with Crippen LogP contribution in [0.3, 0.4) is 0 Å². The number of aliphatic hydroxyl groups excluding tert-OH is 1. The Hall–Kier alpha value is -4.96. The molecule has 0 saturated heterocycles. The number of ether oxygens (including phenoxy) is 2. The molecule has 0 aromatic heterocycles. The van der Waals surface area contributed by atoms with Crippen molar-refractivity contribution in [1.82, 2.24) is 0 Å². The lowest BCUT2D eigenvalue weighted by Crippen LogP contribution is -2.18. The summed E-state index contributed by atoms with van der Waals surface area (Å²) >= 11 is 0. The van der Waals surface area contributed by atoms with E-state index in [4.69, 9.17) is 24.8 Å². The van der Waals surface area contributed by atoms with Crippen molar-refractivity contribution < 1.29 is 49.1 Å². The topological polar surface area (TPSA) is 168 Å². The van der Waals surface area contributed by atoms with Gasteiger partial charge in [0.25, 0.3) is 0 Å². The number of hydrogen-bond donors (Lipinski definition) is 4. The third kappa shape index (κ3) is 9.73. The third-order valence-corrected chi connectivity index (χ3v) is 5.57. The van der Waals surface area contributed by atoms with Crippen LogP contribution in [0.15, 0.2) is 84.9 Å². The van der Waals surface area contributed by atoms with Gasteiger partial charge in [0.2, 0.25) is 0 Å². The second kappa shape index (κ2) is 14.3. The average Bonchev–Trinajstić information content (AvgIpc) is 2.91. The minimum atomic E-state index is -1.21. The van der Waals surface area contributed by atoms with Crippen LogP contribution in [0.2, 0.25) is 0 Å². The molecule has 1 atom stereocenters. The van der Waals surface area contributed by atoms with E-state index in [0.29, 0.717) is 5.75 Å². The number of phenols is 1. The lowest BCUT2D eigenvalue weighted by atomic mass is 9.78. The van der Waals surface area contributed by atoms with Crippen molar-refractivity contribution in [2.24, 2.45) is 0 Å². The first-order valence-electron chi connectivity index (χ1n) is 12.0. The number of hydrogen-bond acceptors (Lipinski definition) is 8. The SMILES string of the molecule is CC(C)(c1ccc(O)cc1)c1ccc(OC(=O)/C=C/C(=O)O)cc1.CC(O)COC(=O)c1ccc(C(=O)O)cc1. The first-order valence-corrected chi connectivity index (χ1v) is 12.0. The summed E-state index contributed by atoms with van der Waals surface area (Å²) < 4.78 is 9.79. The Balaban J connectivity index is 0.000000305. The molecule has 0 heterocycles. The number of carboxylic acid groups (broad SMARTS) is 2. The number of benzene rings is 3. The smallest absolute Gasteiger partial charge is 0.338 e. The molecule has 0 aliphatic rings. The summed E-state index contributed by atoms with van der Waals surface area (Å²) in [5, 5.41) is 35.4. The van der Waals surface area contributed by atoms with Crippen LogP contribution in [0.5, 0.6) is 11.5 Å². The van der Waals surface area contributed by atoms with Gasteiger partial charge in [-0.15, -0.1) is 0 Å². The molecule has 1 unspecified atom stereocenters. The van der Waals surface area contributed by atoms with Crippen LogP contribution in [0, 0.1) is 0 Å². The highest BCUT2D eigenvalue weighted by Gasteiger charge is 2.23. The van der Waals surface area contributed by atoms with Crippen LogP contribution in [-0.2, 0) is 19.7 Å². The molecule has 3 aromatic carbocycles. The zero-order valence-corrected chi connectivity index (χ0v) is 22.1. The normalized spacial score (nSPS) is 11.6. The molecule has 40 heavy (non-hydrogen) atoms. The molecule has 0 radical (unpaired) electrons. The highest BCUT2D eigenvalue weighted by molar-refractivity contribution is 5.93. The van der Waals surface area contributed by atoms with Crippen molar-refractivity contribution in [3.63, 3.8) is 0 Å². The molecule has 0 aliphatic heterocycles. The van der Waals surface area contributed by atoms with Crippen LogP contribution >= 0.6 is 0 Å². The van der Waals surface area contributed by atoms with Crippen molar-refractivity contribution in [3.05, 3.63) is 107 Å². The van der Waals surface area contributed by atoms with Gasteiger partial charge in [0, 0.05) is 17.6 Å². The third-order valence-electron chi connectivity index (χ3n) is 5.57. The molecular formula is C30H30O10. The minimum Gasteiger partial charge on any atom is -0.508 e. The van der Waals surface area contributed by atoms with Crippen LogP contribution in [-0.4, -0.2) is 57.0 Å². The van der Waals surface area contributed by atoms with Gasteiger partial charge in [-0.05, 0) is 66.6 Å². The number of aliphatic carboxylic acids is 1. The van der Waals surface area contributed by atoms with Crippen LogP contribution in [0.1, 0.15) is 52.6 Å². The molecular weight excluding hydrogens is 520 g/mol. The van der Waals surface area contributed by atoms with E-state index in [2.05, 4.69) is 13.8 Å². The number of aromatic carboxylic acids is 1. The summed E-state index contributed by atoms with van der Waals surface area (Å²) in [4.78, 5) is 43.7. The maximum atomic E-state index is 11.5. The summed E-state index contributed by atoms with van der Waals surface area (Å²) in [7, 11) is 0. The Morgan fingerprint density at radius 2 is 1.30 bits per heavy atom. The van der Waals surface area contributed by atoms with Gasteiger partial charge in [-0.25, -0.2) is 19.2 Å². The van der Waals surface area contributed by atoms with Crippen molar-refractivity contribution in [3.8, 4) is 11.5 Å². The van der Waals surface area contributed by atoms with E-state index in [0.717, 1.165) is 23.3 Å². The van der Waals surface area contributed by atoms with Gasteiger partial charge < -0.3 is 29.9 Å². The van der Waals surface area contributed by atoms with E-state index < -0.39 is 30.0 Å². The van der Waals surface area contributed by atoms with Crippen molar-refractivity contribution in [2.75, 3.05) is 6.61 Å². The molecule has 210 valence electrons. The molecule has 0 fully saturated rings. The number of aromatic hydroxyl groups is 1. The Morgan fingerprint density at radius 3 is 1.77 bits per heavy atom. The molecule has 10 nitrogen and oxygen atoms in total. The van der Waals surface area contributed by atoms with E-state index in [1.54, 1.807) is 24.3 Å². The van der Waals surface area contributed by atoms with Gasteiger partial charge in [0.05, 0.1) is 17.2 Å². The number of aliphatic hydroxyl groups is 1. The van der Waals surface area contributed by atoms with Gasteiger partial charge in [0.15, 0.2) is 0 Å². The Morgan fingerprint density at radius 1 is 0.800 bits per heavy atom. The Bertz CT molecular complexity index is 1340. The fourth-order valence-corrected chi connectivity index (χ4v) is 3.30. The fraction of sp³-hybridized carbons (Fsp3) is 0.200. The van der Waals surface area contributed by atoms with E-state index in [1.807, 2.05) is 24.3 Å². The van der Waals surface area contributed by atoms with E-state index in [1.165, 1.54) is 31.2 Å². The predicted octanol–water partition coefficient (Wildman–Crippen LogP) is 4.19. The molecule has 0 bridgehead atoms. The molecule has 0 aliphatic carbocycles. The Labute approximate surface area is 230 Å². The predicted molar refractivity (Wildman–Crippen MR) is 144 cm³/mol. The van der Waals surface area contributed by atoms with Crippen LogP contribution in [0.25, 0.3) is 0 Å². The minimum absolute atomic E-state index is 0.0838. The van der Waals surface area contributed by atoms with Crippen LogP contribution < -0.4 is 4.74 Å². The highest BCUT2D eigenvalue weighted by Crippen LogP contribution is 2.33. The largest absolute Gasteiger partial charge is 0.508 e. The molecule has 4 N–H and O–H groups in total. The Kier molecular flexibility index (Phi) is 11.1. The monoisotopic (exact) mass is 550 g/mol. The second-order valence-corrected chi connectivity index (χ2v) is 9.12. The van der Waals surface area contributed by atoms with Crippen LogP contribution in [0.4, 0.5) is 0 Å². The first kappa shape index (κ1) is 31.3. The number of carbonyl (C=O) groups is 4. The summed E-state index contributed by atoms with van der Waals surface area (Å²) in [6.07, 6.45) is 0.864. The van der Waals surface area contributed by atoms with Gasteiger partial charge in [0.1, 0.15) is 18.1 Å². The summed E-state index contributed by atoms with van der Waals surface area (Å²) in [6.45, 7) is 5.52. The fourth-order valence-electron chi connectivity index (χ4n) is 3.30. The molecule has 0 amide bonds. The maximum absolute atomic E-state index is 11.5. The summed E-state index contributed by atoms with van der Waals surface area (Å²) in [6, 6.07) is 19.4. The number of carboxylic acids is 2. The number of carbonyl (C=O) groups excluding carboxylic acids is 2. The highest BCUT2D eigenvalue weighted by atomic mass is 16.5. The first-order chi connectivity index (χ1) is 18.8. The van der Waals surface area contributed by atoms with E-state index in [9.17, 15) is 24.3 Å². The standard InChI is InChI=1S/C19H18O5.C11H12O5/c1-19(2,13-3-7-15(20)8-4-13)14-5-9-16(10-6-14)24-18(23)12-11-17(21)22;1-7(12)6-16-11(15)9-4-2-8(3-5-9)10(13)14/h3-12,20H,1-2H3,(H,21,22);2-5,7,12H,6H2,1H3,(H,13,14)/b12-11+;. The lowest BCUT2D eigenvalue weighted by molar-refractivity contribution is -0.133. The van der Waals surface area contributed by atoms with Crippen molar-refractivity contribution in [2.45, 2.75) is 32.3 Å². The molecule has 3 aromatic rings. The summed E-state index contributed by atoms with van der Waals surface area (Å²) in [5.74, 6) is -3.05. The van der Waals surface area contributed by atoms with Crippen molar-refractivity contribution in [1.29, 1.82) is 0 Å². The summed E-state index contributed by atoms with van der Waals surface area (Å²) in [5.41, 5.74) is 2.11. The van der Waals surface area contributed by atoms with Gasteiger partial charge in [-0.3, -0.25) is 0 Å². The quantitative estimate of drug-likeness (QED) is 0.172. The molecule has 10 heteroatoms. The van der Waals surface area contributed by atoms with Gasteiger partial charge in [-0.2, -0.15) is 0 Å². The lowest BCUT2D eigenvalue weighted by Gasteiger charge is -2.26. The number of phenolic OH excluding ortho intramolecular Hbond substituents is 1. The molecule has 0 saturated carbocycles. The van der Waals surface area contributed by atoms with E-state index >= 15 is 0 Å². The van der Waals surface area contributed by atoms with Crippen molar-refractivity contribution >= 4 is 23.9 Å². The van der Waals surface area contributed by atoms with Gasteiger partial charge in [-0.1, -0.05) is 38.1 Å². The molecule has 0 spiro atoms. The maximum Gasteiger partial charge on any atom is 0.338 e. The van der Waals surface area contributed by atoms with Gasteiger partial charge >= 0.3 is 23.9 Å². The van der Waals surface area contributed by atoms with E-state index in [-0.39, 0.29) is 28.9 Å². The zero-order valence-electron chi connectivity index (χ0n) is 22.1. The molecule has 3 rings (SSSR count). The number of rotatable bonds is 9. The average molecular weight is 551 g/mol.